The van der Waals surface area contributed by atoms with Gasteiger partial charge in [-0.15, -0.1) is 0 Å². The van der Waals surface area contributed by atoms with E-state index in [1.54, 1.807) is 16.8 Å². The van der Waals surface area contributed by atoms with E-state index in [0.29, 0.717) is 61.1 Å². The van der Waals surface area contributed by atoms with Crippen molar-refractivity contribution in [3.63, 3.8) is 0 Å². The van der Waals surface area contributed by atoms with Crippen molar-refractivity contribution < 1.29 is 27.0 Å². The predicted molar refractivity (Wildman–Crippen MR) is 205 cm³/mol. The number of piperidine rings is 2. The average Bonchev–Trinajstić information content (AvgIpc) is 3.52. The Kier molecular flexibility index (Phi) is 11.4. The summed E-state index contributed by atoms with van der Waals surface area (Å²) in [6, 6.07) is 13.8. The van der Waals surface area contributed by atoms with Crippen LogP contribution in [0.3, 0.4) is 0 Å². The molecule has 296 valence electrons. The summed E-state index contributed by atoms with van der Waals surface area (Å²) in [4.78, 5) is 36.5. The summed E-state index contributed by atoms with van der Waals surface area (Å²) >= 11 is 0. The molecule has 0 bridgehead atoms. The lowest BCUT2D eigenvalue weighted by molar-refractivity contribution is -0.138. The minimum absolute atomic E-state index is 0.0629. The number of imide groups is 1. The number of nitriles is 1. The Hall–Kier alpha value is -4.92. The molecule has 3 saturated heterocycles. The molecule has 3 unspecified atom stereocenters. The number of hydrogen-bond acceptors (Lipinski definition) is 9. The maximum Gasteiger partial charge on any atom is 0.419 e. The summed E-state index contributed by atoms with van der Waals surface area (Å²) in [5.41, 5.74) is 2.73. The molecular weight excluding hydrogens is 746 g/mol. The Labute approximate surface area is 325 Å². The first-order valence-corrected chi connectivity index (χ1v) is 20.1. The summed E-state index contributed by atoms with van der Waals surface area (Å²) in [5.74, 6) is 1.01. The third-order valence-electron chi connectivity index (χ3n) is 11.5. The van der Waals surface area contributed by atoms with Crippen molar-refractivity contribution in [2.45, 2.75) is 81.4 Å². The molecular formula is C39H45F3N10O3S. The Morgan fingerprint density at radius 2 is 1.71 bits per heavy atom. The zero-order chi connectivity index (χ0) is 39.7. The molecule has 3 fully saturated rings. The van der Waals surface area contributed by atoms with E-state index in [9.17, 15) is 32.2 Å². The molecule has 0 aliphatic carbocycles. The number of carbonyl (C=O) groups excluding carboxylic acids is 2. The van der Waals surface area contributed by atoms with Crippen LogP contribution in [0.15, 0.2) is 53.7 Å². The maximum absolute atomic E-state index is 13.7. The number of alkyl halides is 3. The second-order valence-electron chi connectivity index (χ2n) is 15.0. The van der Waals surface area contributed by atoms with Crippen LogP contribution in [-0.2, 0) is 35.4 Å². The lowest BCUT2D eigenvalue weighted by Crippen LogP contribution is -2.49. The number of aryl methyl sites for hydroxylation is 1. The quantitative estimate of drug-likeness (QED) is 0.205. The van der Waals surface area contributed by atoms with E-state index >= 15 is 0 Å². The van der Waals surface area contributed by atoms with Crippen LogP contribution < -0.4 is 15.5 Å². The summed E-state index contributed by atoms with van der Waals surface area (Å²) in [7, 11) is 0.430. The number of nitrogens with one attached hydrogen (secondary N) is 2. The van der Waals surface area contributed by atoms with Gasteiger partial charge in [-0.25, -0.2) is 23.3 Å². The summed E-state index contributed by atoms with van der Waals surface area (Å²) < 4.78 is 56.0. The van der Waals surface area contributed by atoms with Crippen LogP contribution in [0.25, 0.3) is 10.9 Å². The van der Waals surface area contributed by atoms with Crippen LogP contribution in [0.5, 0.6) is 0 Å². The van der Waals surface area contributed by atoms with E-state index in [4.69, 9.17) is 0 Å². The first-order chi connectivity index (χ1) is 26.8. The molecule has 3 atom stereocenters. The molecule has 2 aromatic carbocycles. The van der Waals surface area contributed by atoms with Gasteiger partial charge in [-0.3, -0.25) is 19.7 Å². The molecule has 13 nitrogen and oxygen atoms in total. The first kappa shape index (κ1) is 39.3. The number of likely N-dealkylation sites (tertiary alicyclic amines) is 1. The molecule has 4 aromatic rings. The van der Waals surface area contributed by atoms with Crippen molar-refractivity contribution >= 4 is 45.6 Å². The SMILES string of the molecule is CC(Cc1cc(S(=O)N2CCC(Nc3ncc(C(F)(F)F)cn3)CC2)ccc1C#N)C(C)N1CCC(c2ccc3c(N4CCC(=O)NC4=O)nn(C)c3c2)CC1. The fourth-order valence-electron chi connectivity index (χ4n) is 8.00. The minimum Gasteiger partial charge on any atom is -0.351 e. The van der Waals surface area contributed by atoms with Gasteiger partial charge in [0.25, 0.3) is 0 Å². The molecule has 0 spiro atoms. The van der Waals surface area contributed by atoms with Crippen LogP contribution in [0.1, 0.15) is 74.1 Å². The number of amides is 3. The van der Waals surface area contributed by atoms with Gasteiger partial charge < -0.3 is 10.2 Å². The van der Waals surface area contributed by atoms with Gasteiger partial charge in [0.1, 0.15) is 11.0 Å². The Morgan fingerprint density at radius 1 is 1.00 bits per heavy atom. The number of halogens is 3. The number of rotatable bonds is 10. The number of nitrogens with zero attached hydrogens (tertiary/aromatic N) is 8. The molecule has 3 aliphatic rings. The van der Waals surface area contributed by atoms with E-state index in [1.807, 2.05) is 23.5 Å². The largest absolute Gasteiger partial charge is 0.419 e. The topological polar surface area (TPSA) is 152 Å². The van der Waals surface area contributed by atoms with Gasteiger partial charge in [-0.05, 0) is 105 Å². The summed E-state index contributed by atoms with van der Waals surface area (Å²) in [6.07, 6.45) is 1.15. The average molecular weight is 791 g/mol. The van der Waals surface area contributed by atoms with Crippen molar-refractivity contribution in [1.82, 2.24) is 34.3 Å². The van der Waals surface area contributed by atoms with Crippen LogP contribution >= 0.6 is 0 Å². The predicted octanol–water partition coefficient (Wildman–Crippen LogP) is 5.75. The van der Waals surface area contributed by atoms with E-state index in [0.717, 1.165) is 54.8 Å². The molecule has 2 aromatic heterocycles. The van der Waals surface area contributed by atoms with E-state index in [-0.39, 0.29) is 36.3 Å². The Morgan fingerprint density at radius 3 is 2.38 bits per heavy atom. The summed E-state index contributed by atoms with van der Waals surface area (Å²) in [6.45, 7) is 7.62. The third-order valence-corrected chi connectivity index (χ3v) is 13.0. The molecule has 3 amide bonds. The highest BCUT2D eigenvalue weighted by atomic mass is 32.2. The van der Waals surface area contributed by atoms with Crippen molar-refractivity contribution in [2.75, 3.05) is 42.9 Å². The minimum atomic E-state index is -4.50. The van der Waals surface area contributed by atoms with Crippen molar-refractivity contribution in [1.29, 1.82) is 5.26 Å². The number of urea groups is 1. The van der Waals surface area contributed by atoms with Crippen LogP contribution in [-0.4, -0.2) is 89.9 Å². The van der Waals surface area contributed by atoms with Crippen molar-refractivity contribution in [3.8, 4) is 6.07 Å². The highest BCUT2D eigenvalue weighted by Crippen LogP contribution is 2.35. The van der Waals surface area contributed by atoms with E-state index in [2.05, 4.69) is 62.6 Å². The van der Waals surface area contributed by atoms with Gasteiger partial charge in [0, 0.05) is 63.0 Å². The van der Waals surface area contributed by atoms with Gasteiger partial charge in [0.15, 0.2) is 5.82 Å². The first-order valence-electron chi connectivity index (χ1n) is 19.0. The summed E-state index contributed by atoms with van der Waals surface area (Å²) in [5, 5.41) is 20.9. The van der Waals surface area contributed by atoms with Crippen LogP contribution in [0.2, 0.25) is 0 Å². The number of anilines is 2. The lowest BCUT2D eigenvalue weighted by Gasteiger charge is -2.39. The number of fused-ring (bicyclic) bond motifs is 1. The fraction of sp³-hybridized carbons (Fsp3) is 0.487. The molecule has 17 heteroatoms. The molecule has 0 saturated carbocycles. The smallest absolute Gasteiger partial charge is 0.351 e. The highest BCUT2D eigenvalue weighted by molar-refractivity contribution is 7.82. The Balaban J connectivity index is 0.929. The molecule has 0 radical (unpaired) electrons. The molecule has 5 heterocycles. The second kappa shape index (κ2) is 16.3. The third kappa shape index (κ3) is 8.42. The molecule has 7 rings (SSSR count). The highest BCUT2D eigenvalue weighted by Gasteiger charge is 2.33. The van der Waals surface area contributed by atoms with Crippen molar-refractivity contribution in [2.24, 2.45) is 13.0 Å². The lowest BCUT2D eigenvalue weighted by atomic mass is 9.86. The van der Waals surface area contributed by atoms with Gasteiger partial charge in [-0.2, -0.15) is 23.5 Å². The number of hydrogen-bond donors (Lipinski definition) is 2. The van der Waals surface area contributed by atoms with Crippen LogP contribution in [0, 0.1) is 17.2 Å². The monoisotopic (exact) mass is 790 g/mol. The number of benzene rings is 2. The molecule has 56 heavy (non-hydrogen) atoms. The zero-order valence-corrected chi connectivity index (χ0v) is 32.4. The van der Waals surface area contributed by atoms with Gasteiger partial charge in [-0.1, -0.05) is 13.0 Å². The normalized spacial score (nSPS) is 19.8. The number of aromatic nitrogens is 4. The Bertz CT molecular complexity index is 2160. The standard InChI is InChI=1S/C39H45F3N10O3S/c1-24(25(2)50-13-8-26(9-14-50)27-5-7-33-34(20-27)49(3)48-36(33)52-17-12-35(53)47-38(52)54)18-29-19-32(6-4-28(29)21-43)56(55)51-15-10-31(11-16-51)46-37-44-22-30(23-45-37)39(40,41)42/h4-7,19-20,22-26,31H,8-18H2,1-3H3,(H,44,45,46)(H,47,53,54). The fourth-order valence-corrected chi connectivity index (χ4v) is 9.26. The molecule has 2 N–H and O–H groups in total. The van der Waals surface area contributed by atoms with Gasteiger partial charge >= 0.3 is 12.2 Å². The maximum atomic E-state index is 13.7. The second-order valence-corrected chi connectivity index (χ2v) is 16.5. The van der Waals surface area contributed by atoms with Crippen molar-refractivity contribution in [3.05, 3.63) is 71.0 Å². The van der Waals surface area contributed by atoms with E-state index < -0.39 is 28.8 Å². The molecule has 3 aliphatic heterocycles. The van der Waals surface area contributed by atoms with Gasteiger partial charge in [0.2, 0.25) is 11.9 Å². The van der Waals surface area contributed by atoms with Gasteiger partial charge in [0.05, 0.1) is 27.6 Å². The zero-order valence-electron chi connectivity index (χ0n) is 31.6. The van der Waals surface area contributed by atoms with Crippen LogP contribution in [0.4, 0.5) is 29.7 Å². The van der Waals surface area contributed by atoms with E-state index in [1.165, 1.54) is 10.5 Å². The number of carbonyl (C=O) groups is 2.